The van der Waals surface area contributed by atoms with E-state index in [1.54, 1.807) is 10.9 Å². The van der Waals surface area contributed by atoms with Gasteiger partial charge in [0, 0.05) is 37.9 Å². The van der Waals surface area contributed by atoms with Gasteiger partial charge in [0.25, 0.3) is 0 Å². The minimum Gasteiger partial charge on any atom is -0.354 e. The lowest BCUT2D eigenvalue weighted by molar-refractivity contribution is -0.121. The summed E-state index contributed by atoms with van der Waals surface area (Å²) in [6, 6.07) is 1.89. The summed E-state index contributed by atoms with van der Waals surface area (Å²) in [4.78, 5) is 11.4. The molecule has 1 amide bonds. The molecule has 0 aromatic carbocycles. The molecular formula is C10H18N4O. The summed E-state index contributed by atoms with van der Waals surface area (Å²) in [5, 5.41) is 6.80. The number of rotatable bonds is 6. The normalized spacial score (nSPS) is 12.4. The number of aryl methyl sites for hydroxylation is 1. The predicted octanol–water partition coefficient (Wildman–Crippen LogP) is 0.127. The molecule has 0 bridgehead atoms. The van der Waals surface area contributed by atoms with Crippen molar-refractivity contribution in [2.24, 2.45) is 5.73 Å². The Morgan fingerprint density at radius 1 is 1.67 bits per heavy atom. The smallest absolute Gasteiger partial charge is 0.221 e. The molecule has 0 spiro atoms. The van der Waals surface area contributed by atoms with Crippen LogP contribution in [0.2, 0.25) is 0 Å². The zero-order chi connectivity index (χ0) is 11.1. The molecule has 5 nitrogen and oxygen atoms in total. The van der Waals surface area contributed by atoms with Gasteiger partial charge in [-0.15, -0.1) is 0 Å². The number of nitrogens with one attached hydrogen (secondary N) is 1. The largest absolute Gasteiger partial charge is 0.354 e. The summed E-state index contributed by atoms with van der Waals surface area (Å²) < 4.78 is 1.74. The highest BCUT2D eigenvalue weighted by atomic mass is 16.1. The first kappa shape index (κ1) is 11.7. The molecule has 1 heterocycles. The van der Waals surface area contributed by atoms with Gasteiger partial charge in [-0.3, -0.25) is 9.48 Å². The fraction of sp³-hybridized carbons (Fsp3) is 0.600. The van der Waals surface area contributed by atoms with Gasteiger partial charge >= 0.3 is 0 Å². The second kappa shape index (κ2) is 6.19. The Morgan fingerprint density at radius 2 is 2.47 bits per heavy atom. The van der Waals surface area contributed by atoms with Crippen molar-refractivity contribution in [1.29, 1.82) is 0 Å². The molecule has 1 rings (SSSR count). The van der Waals surface area contributed by atoms with Crippen LogP contribution in [0.3, 0.4) is 0 Å². The first-order valence-electron chi connectivity index (χ1n) is 5.22. The van der Waals surface area contributed by atoms with Crippen molar-refractivity contribution in [1.82, 2.24) is 15.1 Å². The van der Waals surface area contributed by atoms with Crippen LogP contribution in [0.5, 0.6) is 0 Å². The van der Waals surface area contributed by atoms with Crippen LogP contribution in [0, 0.1) is 0 Å². The van der Waals surface area contributed by atoms with E-state index in [4.69, 9.17) is 5.73 Å². The summed E-state index contributed by atoms with van der Waals surface area (Å²) in [5.41, 5.74) is 5.68. The number of hydrogen-bond acceptors (Lipinski definition) is 3. The average molecular weight is 210 g/mol. The van der Waals surface area contributed by atoms with Gasteiger partial charge in [0.05, 0.1) is 0 Å². The summed E-state index contributed by atoms with van der Waals surface area (Å²) in [5.74, 6) is 0.0226. The Kier molecular flexibility index (Phi) is 4.83. The van der Waals surface area contributed by atoms with Crippen molar-refractivity contribution in [2.45, 2.75) is 32.4 Å². The average Bonchev–Trinajstić information content (AvgIpc) is 2.75. The molecular weight excluding hydrogens is 192 g/mol. The van der Waals surface area contributed by atoms with Crippen LogP contribution >= 0.6 is 0 Å². The number of amides is 1. The van der Waals surface area contributed by atoms with Gasteiger partial charge in [0.1, 0.15) is 0 Å². The SMILES string of the molecule is CCC(N)CNC(=O)CCn1cccn1. The number of carbonyl (C=O) groups excluding carboxylic acids is 1. The van der Waals surface area contributed by atoms with Crippen LogP contribution in [-0.2, 0) is 11.3 Å². The minimum atomic E-state index is 0.0226. The van der Waals surface area contributed by atoms with E-state index in [1.807, 2.05) is 19.2 Å². The molecule has 1 aromatic rings. The van der Waals surface area contributed by atoms with E-state index in [0.717, 1.165) is 6.42 Å². The van der Waals surface area contributed by atoms with Gasteiger partial charge in [0.15, 0.2) is 0 Å². The van der Waals surface area contributed by atoms with Gasteiger partial charge in [0.2, 0.25) is 5.91 Å². The van der Waals surface area contributed by atoms with Gasteiger partial charge < -0.3 is 11.1 Å². The van der Waals surface area contributed by atoms with Crippen molar-refractivity contribution in [2.75, 3.05) is 6.54 Å². The highest BCUT2D eigenvalue weighted by Crippen LogP contribution is 1.90. The maximum absolute atomic E-state index is 11.4. The molecule has 1 unspecified atom stereocenters. The van der Waals surface area contributed by atoms with Crippen LogP contribution in [0.15, 0.2) is 18.5 Å². The number of hydrogen-bond donors (Lipinski definition) is 2. The maximum Gasteiger partial charge on any atom is 0.221 e. The molecule has 0 fully saturated rings. The van der Waals surface area contributed by atoms with Crippen LogP contribution in [-0.4, -0.2) is 28.3 Å². The first-order chi connectivity index (χ1) is 7.22. The molecule has 0 aliphatic heterocycles. The quantitative estimate of drug-likeness (QED) is 0.700. The second-order valence-electron chi connectivity index (χ2n) is 3.49. The minimum absolute atomic E-state index is 0.0226. The van der Waals surface area contributed by atoms with E-state index in [0.29, 0.717) is 19.5 Å². The van der Waals surface area contributed by atoms with E-state index < -0.39 is 0 Å². The summed E-state index contributed by atoms with van der Waals surface area (Å²) in [6.07, 6.45) is 4.85. The molecule has 15 heavy (non-hydrogen) atoms. The Hall–Kier alpha value is -1.36. The molecule has 0 aliphatic rings. The molecule has 0 aliphatic carbocycles. The third-order valence-corrected chi connectivity index (χ3v) is 2.21. The van der Waals surface area contributed by atoms with Crippen molar-refractivity contribution in [3.05, 3.63) is 18.5 Å². The zero-order valence-electron chi connectivity index (χ0n) is 9.02. The lowest BCUT2D eigenvalue weighted by atomic mass is 10.2. The molecule has 1 aromatic heterocycles. The Morgan fingerprint density at radius 3 is 3.07 bits per heavy atom. The predicted molar refractivity (Wildman–Crippen MR) is 58.1 cm³/mol. The van der Waals surface area contributed by atoms with Crippen molar-refractivity contribution in [3.8, 4) is 0 Å². The van der Waals surface area contributed by atoms with Gasteiger partial charge in [-0.1, -0.05) is 6.92 Å². The van der Waals surface area contributed by atoms with Gasteiger partial charge in [-0.25, -0.2) is 0 Å². The molecule has 3 N–H and O–H groups in total. The molecule has 1 atom stereocenters. The van der Waals surface area contributed by atoms with Gasteiger partial charge in [-0.05, 0) is 12.5 Å². The number of carbonyl (C=O) groups is 1. The van der Waals surface area contributed by atoms with E-state index >= 15 is 0 Å². The van der Waals surface area contributed by atoms with Crippen molar-refractivity contribution < 1.29 is 4.79 Å². The van der Waals surface area contributed by atoms with Crippen LogP contribution < -0.4 is 11.1 Å². The number of aromatic nitrogens is 2. The van der Waals surface area contributed by atoms with Crippen molar-refractivity contribution >= 4 is 5.91 Å². The van der Waals surface area contributed by atoms with Crippen LogP contribution in [0.4, 0.5) is 0 Å². The number of nitrogens with two attached hydrogens (primary N) is 1. The Labute approximate surface area is 89.6 Å². The fourth-order valence-corrected chi connectivity index (χ4v) is 1.13. The summed E-state index contributed by atoms with van der Waals surface area (Å²) >= 11 is 0. The van der Waals surface area contributed by atoms with E-state index in [-0.39, 0.29) is 11.9 Å². The highest BCUT2D eigenvalue weighted by molar-refractivity contribution is 5.75. The van der Waals surface area contributed by atoms with Crippen LogP contribution in [0.1, 0.15) is 19.8 Å². The highest BCUT2D eigenvalue weighted by Gasteiger charge is 2.04. The number of nitrogens with zero attached hydrogens (tertiary/aromatic N) is 2. The van der Waals surface area contributed by atoms with Crippen LogP contribution in [0.25, 0.3) is 0 Å². The maximum atomic E-state index is 11.4. The molecule has 0 saturated heterocycles. The molecule has 0 saturated carbocycles. The zero-order valence-corrected chi connectivity index (χ0v) is 9.02. The van der Waals surface area contributed by atoms with E-state index in [2.05, 4.69) is 10.4 Å². The molecule has 0 radical (unpaired) electrons. The summed E-state index contributed by atoms with van der Waals surface area (Å²) in [7, 11) is 0. The monoisotopic (exact) mass is 210 g/mol. The van der Waals surface area contributed by atoms with Crippen molar-refractivity contribution in [3.63, 3.8) is 0 Å². The Balaban J connectivity index is 2.14. The van der Waals surface area contributed by atoms with E-state index in [1.165, 1.54) is 0 Å². The Bertz CT molecular complexity index is 284. The molecule has 84 valence electrons. The third-order valence-electron chi connectivity index (χ3n) is 2.21. The second-order valence-corrected chi connectivity index (χ2v) is 3.49. The first-order valence-corrected chi connectivity index (χ1v) is 5.22. The lowest BCUT2D eigenvalue weighted by Crippen LogP contribution is -2.37. The summed E-state index contributed by atoms with van der Waals surface area (Å²) in [6.45, 7) is 3.16. The lowest BCUT2D eigenvalue weighted by Gasteiger charge is -2.10. The standard InChI is InChI=1S/C10H18N4O/c1-2-9(11)8-12-10(15)4-7-14-6-3-5-13-14/h3,5-6,9H,2,4,7-8,11H2,1H3,(H,12,15). The van der Waals surface area contributed by atoms with E-state index in [9.17, 15) is 4.79 Å². The topological polar surface area (TPSA) is 72.9 Å². The fourth-order valence-electron chi connectivity index (χ4n) is 1.13. The van der Waals surface area contributed by atoms with Gasteiger partial charge in [-0.2, -0.15) is 5.10 Å². The molecule has 5 heteroatoms. The third kappa shape index (κ3) is 4.60.